The number of aldehydes is 1. The number of aromatic nitrogens is 2. The molecule has 4 aromatic rings. The first kappa shape index (κ1) is 19.1. The van der Waals surface area contributed by atoms with Gasteiger partial charge < -0.3 is 9.47 Å². The molecule has 3 aromatic carbocycles. The van der Waals surface area contributed by atoms with Gasteiger partial charge in [0.1, 0.15) is 17.5 Å². The maximum absolute atomic E-state index is 13.1. The number of carbonyl (C=O) groups excluding carboxylic acids is 2. The molecular formula is C24H18N2O4. The Balaban J connectivity index is 1.75. The number of hydrogen-bond donors (Lipinski definition) is 0. The summed E-state index contributed by atoms with van der Waals surface area (Å²) in [4.78, 5) is 24.1. The number of nitrogens with zero attached hydrogens (tertiary/aromatic N) is 2. The fourth-order valence-corrected chi connectivity index (χ4v) is 3.04. The zero-order valence-corrected chi connectivity index (χ0v) is 16.2. The Labute approximate surface area is 173 Å². The first-order chi connectivity index (χ1) is 14.7. The molecule has 6 heteroatoms. The molecule has 1 heterocycles. The van der Waals surface area contributed by atoms with Crippen LogP contribution in [0.25, 0.3) is 16.9 Å². The lowest BCUT2D eigenvalue weighted by molar-refractivity contribution is 0.0730. The summed E-state index contributed by atoms with van der Waals surface area (Å²) in [5.41, 5.74) is 2.86. The van der Waals surface area contributed by atoms with Crippen molar-refractivity contribution in [3.05, 3.63) is 96.2 Å². The summed E-state index contributed by atoms with van der Waals surface area (Å²) in [6, 6.07) is 23.5. The van der Waals surface area contributed by atoms with Gasteiger partial charge in [0.15, 0.2) is 11.5 Å². The molecule has 0 radical (unpaired) electrons. The number of para-hydroxylation sites is 1. The summed E-state index contributed by atoms with van der Waals surface area (Å²) in [5.74, 6) is -0.0579. The van der Waals surface area contributed by atoms with E-state index in [0.717, 1.165) is 11.3 Å². The average molecular weight is 398 g/mol. The molecule has 0 bridgehead atoms. The number of ether oxygens (including phenoxy) is 2. The van der Waals surface area contributed by atoms with Crippen molar-refractivity contribution in [2.24, 2.45) is 0 Å². The normalized spacial score (nSPS) is 10.4. The van der Waals surface area contributed by atoms with Crippen molar-refractivity contribution in [3.8, 4) is 28.4 Å². The van der Waals surface area contributed by atoms with Gasteiger partial charge in [-0.3, -0.25) is 4.79 Å². The van der Waals surface area contributed by atoms with Gasteiger partial charge in [-0.2, -0.15) is 5.10 Å². The molecule has 0 N–H and O–H groups in total. The second kappa shape index (κ2) is 8.45. The van der Waals surface area contributed by atoms with Crippen molar-refractivity contribution in [2.45, 2.75) is 0 Å². The molecule has 1 aromatic heterocycles. The second-order valence-corrected chi connectivity index (χ2v) is 6.46. The first-order valence-electron chi connectivity index (χ1n) is 9.25. The molecular weight excluding hydrogens is 380 g/mol. The quantitative estimate of drug-likeness (QED) is 0.270. The van der Waals surface area contributed by atoms with Crippen LogP contribution in [0.2, 0.25) is 0 Å². The van der Waals surface area contributed by atoms with E-state index >= 15 is 0 Å². The van der Waals surface area contributed by atoms with E-state index in [0.29, 0.717) is 28.9 Å². The summed E-state index contributed by atoms with van der Waals surface area (Å²) in [6.45, 7) is 0. The van der Waals surface area contributed by atoms with Gasteiger partial charge in [0.25, 0.3) is 0 Å². The lowest BCUT2D eigenvalue weighted by Gasteiger charge is -2.09. The number of carbonyl (C=O) groups is 2. The number of benzene rings is 3. The third kappa shape index (κ3) is 3.84. The lowest BCUT2D eigenvalue weighted by atomic mass is 10.1. The molecule has 4 rings (SSSR count). The van der Waals surface area contributed by atoms with Crippen molar-refractivity contribution in [3.63, 3.8) is 0 Å². The number of methoxy groups -OCH3 is 1. The summed E-state index contributed by atoms with van der Waals surface area (Å²) >= 11 is 0. The van der Waals surface area contributed by atoms with Crippen LogP contribution in [0.5, 0.6) is 11.5 Å². The molecule has 0 saturated heterocycles. The molecule has 0 fully saturated rings. The van der Waals surface area contributed by atoms with Crippen molar-refractivity contribution >= 4 is 12.3 Å². The Hall–Kier alpha value is -4.19. The minimum Gasteiger partial charge on any atom is -0.493 e. The van der Waals surface area contributed by atoms with Crippen LogP contribution in [0, 0.1) is 0 Å². The van der Waals surface area contributed by atoms with E-state index < -0.39 is 5.97 Å². The van der Waals surface area contributed by atoms with Gasteiger partial charge in [-0.15, -0.1) is 0 Å². The third-order valence-electron chi connectivity index (χ3n) is 4.53. The molecule has 148 valence electrons. The Bertz CT molecular complexity index is 1180. The predicted octanol–water partition coefficient (Wildman–Crippen LogP) is 4.58. The predicted molar refractivity (Wildman–Crippen MR) is 112 cm³/mol. The first-order valence-corrected chi connectivity index (χ1v) is 9.25. The molecule has 0 atom stereocenters. The van der Waals surface area contributed by atoms with Gasteiger partial charge in [-0.1, -0.05) is 48.5 Å². The maximum Gasteiger partial charge on any atom is 0.347 e. The van der Waals surface area contributed by atoms with Crippen molar-refractivity contribution in [2.75, 3.05) is 7.11 Å². The summed E-state index contributed by atoms with van der Waals surface area (Å²) in [5, 5.41) is 4.62. The summed E-state index contributed by atoms with van der Waals surface area (Å²) < 4.78 is 12.5. The van der Waals surface area contributed by atoms with Gasteiger partial charge in [-0.05, 0) is 30.3 Å². The van der Waals surface area contributed by atoms with Gasteiger partial charge in [0.05, 0.1) is 12.8 Å². The van der Waals surface area contributed by atoms with E-state index in [9.17, 15) is 9.59 Å². The number of hydrogen-bond acceptors (Lipinski definition) is 5. The van der Waals surface area contributed by atoms with Gasteiger partial charge in [0, 0.05) is 17.3 Å². The Morgan fingerprint density at radius 3 is 2.30 bits per heavy atom. The summed E-state index contributed by atoms with van der Waals surface area (Å²) in [6.07, 6.45) is 2.35. The third-order valence-corrected chi connectivity index (χ3v) is 4.53. The maximum atomic E-state index is 13.1. The molecule has 0 aliphatic carbocycles. The van der Waals surface area contributed by atoms with Crippen LogP contribution in [0.3, 0.4) is 0 Å². The molecule has 0 unspecified atom stereocenters. The van der Waals surface area contributed by atoms with E-state index in [4.69, 9.17) is 9.47 Å². The minimum atomic E-state index is -0.576. The van der Waals surface area contributed by atoms with E-state index in [1.165, 1.54) is 19.2 Å². The molecule has 30 heavy (non-hydrogen) atoms. The minimum absolute atomic E-state index is 0.222. The smallest absolute Gasteiger partial charge is 0.347 e. The van der Waals surface area contributed by atoms with Crippen LogP contribution < -0.4 is 9.47 Å². The molecule has 0 saturated carbocycles. The standard InChI is InChI=1S/C24H18N2O4/c1-29-22-14-17(16-27)12-13-21(22)30-24(28)20-15-26(19-10-6-3-7-11-19)25-23(20)18-8-4-2-5-9-18/h2-16H,1H3. The monoisotopic (exact) mass is 398 g/mol. The SMILES string of the molecule is COc1cc(C=O)ccc1OC(=O)c1cn(-c2ccccc2)nc1-c1ccccc1. The highest BCUT2D eigenvalue weighted by molar-refractivity contribution is 5.97. The molecule has 0 amide bonds. The van der Waals surface area contributed by atoms with E-state index in [1.807, 2.05) is 60.7 Å². The van der Waals surface area contributed by atoms with Gasteiger partial charge in [0.2, 0.25) is 0 Å². The van der Waals surface area contributed by atoms with Crippen LogP contribution in [0.4, 0.5) is 0 Å². The zero-order valence-electron chi connectivity index (χ0n) is 16.2. The fourth-order valence-electron chi connectivity index (χ4n) is 3.04. The van der Waals surface area contributed by atoms with E-state index in [1.54, 1.807) is 16.9 Å². The number of rotatable bonds is 6. The Morgan fingerprint density at radius 1 is 0.933 bits per heavy atom. The van der Waals surface area contributed by atoms with Crippen LogP contribution >= 0.6 is 0 Å². The molecule has 6 nitrogen and oxygen atoms in total. The van der Waals surface area contributed by atoms with Crippen LogP contribution in [0.15, 0.2) is 85.1 Å². The van der Waals surface area contributed by atoms with Crippen molar-refractivity contribution in [1.82, 2.24) is 9.78 Å². The largest absolute Gasteiger partial charge is 0.493 e. The van der Waals surface area contributed by atoms with Crippen LogP contribution in [0.1, 0.15) is 20.7 Å². The lowest BCUT2D eigenvalue weighted by Crippen LogP contribution is -2.10. The molecule has 0 aliphatic rings. The Morgan fingerprint density at radius 2 is 1.63 bits per heavy atom. The fraction of sp³-hybridized carbons (Fsp3) is 0.0417. The second-order valence-electron chi connectivity index (χ2n) is 6.46. The Kier molecular flexibility index (Phi) is 5.39. The van der Waals surface area contributed by atoms with Crippen LogP contribution in [-0.2, 0) is 0 Å². The van der Waals surface area contributed by atoms with Gasteiger partial charge >= 0.3 is 5.97 Å². The summed E-state index contributed by atoms with van der Waals surface area (Å²) in [7, 11) is 1.45. The number of esters is 1. The topological polar surface area (TPSA) is 70.4 Å². The highest BCUT2D eigenvalue weighted by atomic mass is 16.6. The average Bonchev–Trinajstić information content (AvgIpc) is 3.26. The van der Waals surface area contributed by atoms with Crippen molar-refractivity contribution in [1.29, 1.82) is 0 Å². The van der Waals surface area contributed by atoms with E-state index in [-0.39, 0.29) is 5.75 Å². The molecule has 0 spiro atoms. The van der Waals surface area contributed by atoms with Crippen molar-refractivity contribution < 1.29 is 19.1 Å². The molecule has 0 aliphatic heterocycles. The van der Waals surface area contributed by atoms with Gasteiger partial charge in [-0.25, -0.2) is 9.48 Å². The van der Waals surface area contributed by atoms with Crippen LogP contribution in [-0.4, -0.2) is 29.1 Å². The highest BCUT2D eigenvalue weighted by Gasteiger charge is 2.22. The van der Waals surface area contributed by atoms with E-state index in [2.05, 4.69) is 5.10 Å². The highest BCUT2D eigenvalue weighted by Crippen LogP contribution is 2.30. The zero-order chi connectivity index (χ0) is 20.9.